The Hall–Kier alpha value is -0.980. The summed E-state index contributed by atoms with van der Waals surface area (Å²) in [5.74, 6) is -1.64. The van der Waals surface area contributed by atoms with Gasteiger partial charge in [-0.1, -0.05) is 27.5 Å². The van der Waals surface area contributed by atoms with Crippen molar-refractivity contribution in [2.45, 2.75) is 0 Å². The third-order valence-corrected chi connectivity index (χ3v) is 3.75. The van der Waals surface area contributed by atoms with E-state index in [1.807, 2.05) is 0 Å². The van der Waals surface area contributed by atoms with Crippen molar-refractivity contribution in [3.63, 3.8) is 0 Å². The van der Waals surface area contributed by atoms with E-state index in [-0.39, 0.29) is 16.3 Å². The normalized spacial score (nSPS) is 10.4. The monoisotopic (exact) mass is 423 g/mol. The van der Waals surface area contributed by atoms with Crippen LogP contribution in [-0.2, 0) is 0 Å². The summed E-state index contributed by atoms with van der Waals surface area (Å²) in [5, 5.41) is 2.55. The van der Waals surface area contributed by atoms with Gasteiger partial charge in [0.2, 0.25) is 0 Å². The van der Waals surface area contributed by atoms with Crippen molar-refractivity contribution in [2.75, 3.05) is 5.32 Å². The highest BCUT2D eigenvalue weighted by molar-refractivity contribution is 9.10. The molecule has 0 heterocycles. The molecule has 0 fully saturated rings. The SMILES string of the molecule is O=C(Nc1c(Cl)cc(F)cc1Br)c1cc(F)cc(Br)c1. The standard InChI is InChI=1S/C13H6Br2ClF2NO/c14-7-1-6(2-8(17)3-7)13(20)19-12-10(15)4-9(18)5-11(12)16/h1-5H,(H,19,20). The number of carbonyl (C=O) groups excluding carboxylic acids is 1. The summed E-state index contributed by atoms with van der Waals surface area (Å²) in [7, 11) is 0. The zero-order valence-corrected chi connectivity index (χ0v) is 13.6. The molecule has 0 aliphatic heterocycles. The lowest BCUT2D eigenvalue weighted by molar-refractivity contribution is 0.102. The van der Waals surface area contributed by atoms with Crippen molar-refractivity contribution in [1.82, 2.24) is 0 Å². The molecule has 2 rings (SSSR count). The second kappa shape index (κ2) is 6.20. The third kappa shape index (κ3) is 3.56. The molecule has 0 saturated heterocycles. The highest BCUT2D eigenvalue weighted by atomic mass is 79.9. The Kier molecular flexibility index (Phi) is 4.78. The molecule has 1 N–H and O–H groups in total. The first-order valence-corrected chi connectivity index (χ1v) is 7.25. The van der Waals surface area contributed by atoms with Gasteiger partial charge >= 0.3 is 0 Å². The summed E-state index contributed by atoms with van der Waals surface area (Å²) in [6.07, 6.45) is 0. The summed E-state index contributed by atoms with van der Waals surface area (Å²) in [4.78, 5) is 12.0. The molecule has 104 valence electrons. The number of anilines is 1. The average Bonchev–Trinajstić information content (AvgIpc) is 2.32. The van der Waals surface area contributed by atoms with E-state index in [0.29, 0.717) is 8.95 Å². The predicted octanol–water partition coefficient (Wildman–Crippen LogP) is 5.40. The first-order chi connectivity index (χ1) is 9.36. The topological polar surface area (TPSA) is 29.1 Å². The fraction of sp³-hybridized carbons (Fsp3) is 0. The molecule has 0 radical (unpaired) electrons. The molecule has 0 saturated carbocycles. The van der Waals surface area contributed by atoms with Gasteiger partial charge in [0.1, 0.15) is 11.6 Å². The quantitative estimate of drug-likeness (QED) is 0.686. The Morgan fingerprint density at radius 2 is 1.70 bits per heavy atom. The maximum absolute atomic E-state index is 13.2. The smallest absolute Gasteiger partial charge is 0.255 e. The van der Waals surface area contributed by atoms with Crippen LogP contribution >= 0.6 is 43.5 Å². The van der Waals surface area contributed by atoms with Crippen molar-refractivity contribution >= 4 is 55.1 Å². The van der Waals surface area contributed by atoms with E-state index in [9.17, 15) is 13.6 Å². The van der Waals surface area contributed by atoms with E-state index in [0.717, 1.165) is 12.1 Å². The van der Waals surface area contributed by atoms with Crippen LogP contribution in [0.25, 0.3) is 0 Å². The number of halogens is 5. The molecule has 0 atom stereocenters. The van der Waals surface area contributed by atoms with Gasteiger partial charge in [0.15, 0.2) is 0 Å². The van der Waals surface area contributed by atoms with Crippen LogP contribution < -0.4 is 5.32 Å². The van der Waals surface area contributed by atoms with Gasteiger partial charge in [-0.15, -0.1) is 0 Å². The molecule has 1 amide bonds. The summed E-state index contributed by atoms with van der Waals surface area (Å²) >= 11 is 12.1. The van der Waals surface area contributed by atoms with E-state index in [1.165, 1.54) is 18.2 Å². The molecule has 0 aliphatic carbocycles. The van der Waals surface area contributed by atoms with Crippen LogP contribution in [0.2, 0.25) is 5.02 Å². The molecular weight excluding hydrogens is 419 g/mol. The minimum Gasteiger partial charge on any atom is -0.320 e. The molecule has 7 heteroatoms. The molecule has 0 bridgehead atoms. The van der Waals surface area contributed by atoms with Gasteiger partial charge in [0, 0.05) is 14.5 Å². The van der Waals surface area contributed by atoms with Crippen LogP contribution in [0, 0.1) is 11.6 Å². The number of hydrogen-bond donors (Lipinski definition) is 1. The lowest BCUT2D eigenvalue weighted by atomic mass is 10.2. The van der Waals surface area contributed by atoms with Crippen LogP contribution in [0.3, 0.4) is 0 Å². The summed E-state index contributed by atoms with van der Waals surface area (Å²) in [6.45, 7) is 0. The third-order valence-electron chi connectivity index (χ3n) is 2.37. The number of amides is 1. The van der Waals surface area contributed by atoms with Crippen molar-refractivity contribution in [1.29, 1.82) is 0 Å². The van der Waals surface area contributed by atoms with Gasteiger partial charge in [-0.3, -0.25) is 4.79 Å². The molecule has 0 spiro atoms. The van der Waals surface area contributed by atoms with Crippen molar-refractivity contribution in [3.05, 3.63) is 61.5 Å². The minimum absolute atomic E-state index is 0.0423. The number of hydrogen-bond acceptors (Lipinski definition) is 1. The van der Waals surface area contributed by atoms with Crippen molar-refractivity contribution in [2.24, 2.45) is 0 Å². The summed E-state index contributed by atoms with van der Waals surface area (Å²) in [6, 6.07) is 6.03. The molecule has 2 aromatic rings. The number of benzene rings is 2. The molecule has 2 aromatic carbocycles. The highest BCUT2D eigenvalue weighted by Gasteiger charge is 2.14. The van der Waals surface area contributed by atoms with Crippen LogP contribution in [0.4, 0.5) is 14.5 Å². The van der Waals surface area contributed by atoms with Gasteiger partial charge in [0.05, 0.1) is 10.7 Å². The maximum atomic E-state index is 13.2. The molecule has 20 heavy (non-hydrogen) atoms. The second-order valence-electron chi connectivity index (χ2n) is 3.86. The van der Waals surface area contributed by atoms with Crippen LogP contribution in [0.15, 0.2) is 39.3 Å². The maximum Gasteiger partial charge on any atom is 0.255 e. The lowest BCUT2D eigenvalue weighted by Gasteiger charge is -2.10. The second-order valence-corrected chi connectivity index (χ2v) is 6.03. The zero-order valence-electron chi connectivity index (χ0n) is 9.68. The van der Waals surface area contributed by atoms with Gasteiger partial charge in [-0.2, -0.15) is 0 Å². The van der Waals surface area contributed by atoms with Gasteiger partial charge in [0.25, 0.3) is 5.91 Å². The van der Waals surface area contributed by atoms with Crippen LogP contribution in [0.1, 0.15) is 10.4 Å². The van der Waals surface area contributed by atoms with Gasteiger partial charge < -0.3 is 5.32 Å². The Morgan fingerprint density at radius 1 is 1.05 bits per heavy atom. The predicted molar refractivity (Wildman–Crippen MR) is 81.2 cm³/mol. The fourth-order valence-electron chi connectivity index (χ4n) is 1.53. The van der Waals surface area contributed by atoms with E-state index in [4.69, 9.17) is 11.6 Å². The fourth-order valence-corrected chi connectivity index (χ4v) is 2.90. The van der Waals surface area contributed by atoms with Gasteiger partial charge in [-0.05, 0) is 46.3 Å². The van der Waals surface area contributed by atoms with E-state index < -0.39 is 17.5 Å². The largest absolute Gasteiger partial charge is 0.320 e. The van der Waals surface area contributed by atoms with E-state index >= 15 is 0 Å². The van der Waals surface area contributed by atoms with Crippen molar-refractivity contribution < 1.29 is 13.6 Å². The lowest BCUT2D eigenvalue weighted by Crippen LogP contribution is -2.13. The number of nitrogens with one attached hydrogen (secondary N) is 1. The average molecular weight is 425 g/mol. The Morgan fingerprint density at radius 3 is 2.30 bits per heavy atom. The molecule has 2 nitrogen and oxygen atoms in total. The zero-order chi connectivity index (χ0) is 14.9. The number of rotatable bonds is 2. The van der Waals surface area contributed by atoms with Crippen LogP contribution in [0.5, 0.6) is 0 Å². The summed E-state index contributed by atoms with van der Waals surface area (Å²) in [5.41, 5.74) is 0.336. The Bertz CT molecular complexity index is 651. The van der Waals surface area contributed by atoms with Gasteiger partial charge in [-0.25, -0.2) is 8.78 Å². The Labute approximate surface area is 135 Å². The minimum atomic E-state index is -0.556. The van der Waals surface area contributed by atoms with Crippen molar-refractivity contribution in [3.8, 4) is 0 Å². The summed E-state index contributed by atoms with van der Waals surface area (Å²) < 4.78 is 27.1. The van der Waals surface area contributed by atoms with E-state index in [2.05, 4.69) is 37.2 Å². The molecular formula is C13H6Br2ClF2NO. The Balaban J connectivity index is 2.32. The van der Waals surface area contributed by atoms with E-state index in [1.54, 1.807) is 0 Å². The first-order valence-electron chi connectivity index (χ1n) is 5.29. The number of carbonyl (C=O) groups is 1. The molecule has 0 aliphatic rings. The molecule has 0 unspecified atom stereocenters. The first kappa shape index (κ1) is 15.4. The molecule has 0 aromatic heterocycles. The van der Waals surface area contributed by atoms with Crippen LogP contribution in [-0.4, -0.2) is 5.91 Å². The highest BCUT2D eigenvalue weighted by Crippen LogP contribution is 2.32.